The number of hydrogen-bond donors (Lipinski definition) is 0. The highest BCUT2D eigenvalue weighted by Crippen LogP contribution is 2.24. The minimum absolute atomic E-state index is 0.291. The lowest BCUT2D eigenvalue weighted by molar-refractivity contribution is -0.141. The third-order valence-corrected chi connectivity index (χ3v) is 1.26. The SMILES string of the molecule is C=CCC(=O)C(F)(F)CC(=C)C. The highest BCUT2D eigenvalue weighted by molar-refractivity contribution is 5.86. The van der Waals surface area contributed by atoms with Crippen LogP contribution in [0.1, 0.15) is 19.8 Å². The van der Waals surface area contributed by atoms with Gasteiger partial charge in [0.1, 0.15) is 0 Å². The van der Waals surface area contributed by atoms with Crippen molar-refractivity contribution in [3.63, 3.8) is 0 Å². The van der Waals surface area contributed by atoms with Crippen LogP contribution in [-0.2, 0) is 4.79 Å². The molecule has 0 aliphatic heterocycles. The molecule has 0 rings (SSSR count). The predicted molar refractivity (Wildman–Crippen MR) is 44.2 cm³/mol. The van der Waals surface area contributed by atoms with Gasteiger partial charge < -0.3 is 0 Å². The second-order valence-electron chi connectivity index (χ2n) is 2.75. The molecule has 0 bridgehead atoms. The molecule has 0 unspecified atom stereocenters. The first kappa shape index (κ1) is 11.0. The third kappa shape index (κ3) is 3.42. The van der Waals surface area contributed by atoms with E-state index in [1.165, 1.54) is 13.0 Å². The van der Waals surface area contributed by atoms with Gasteiger partial charge in [0.25, 0.3) is 0 Å². The molecule has 0 atom stereocenters. The molecule has 0 heterocycles. The Balaban J connectivity index is 4.27. The number of carbonyl (C=O) groups excluding carboxylic acids is 1. The van der Waals surface area contributed by atoms with Crippen LogP contribution in [0.4, 0.5) is 8.78 Å². The van der Waals surface area contributed by atoms with Crippen molar-refractivity contribution in [1.82, 2.24) is 0 Å². The fourth-order valence-corrected chi connectivity index (χ4v) is 0.758. The summed E-state index contributed by atoms with van der Waals surface area (Å²) in [7, 11) is 0. The fourth-order valence-electron chi connectivity index (χ4n) is 0.758. The molecule has 0 aromatic heterocycles. The van der Waals surface area contributed by atoms with Crippen LogP contribution >= 0.6 is 0 Å². The zero-order chi connectivity index (χ0) is 9.78. The van der Waals surface area contributed by atoms with Gasteiger partial charge in [0.05, 0.1) is 0 Å². The first-order chi connectivity index (χ1) is 5.40. The van der Waals surface area contributed by atoms with Gasteiger partial charge in [-0.3, -0.25) is 4.79 Å². The number of ketones is 1. The van der Waals surface area contributed by atoms with Gasteiger partial charge in [-0.1, -0.05) is 18.2 Å². The van der Waals surface area contributed by atoms with Crippen molar-refractivity contribution >= 4 is 5.78 Å². The van der Waals surface area contributed by atoms with Gasteiger partial charge in [-0.25, -0.2) is 0 Å². The molecule has 0 saturated carbocycles. The van der Waals surface area contributed by atoms with Crippen molar-refractivity contribution in [3.05, 3.63) is 24.8 Å². The third-order valence-electron chi connectivity index (χ3n) is 1.26. The lowest BCUT2D eigenvalue weighted by Crippen LogP contribution is -2.28. The van der Waals surface area contributed by atoms with Gasteiger partial charge in [0, 0.05) is 12.8 Å². The Morgan fingerprint density at radius 2 is 2.08 bits per heavy atom. The summed E-state index contributed by atoms with van der Waals surface area (Å²) in [6.07, 6.45) is 0.314. The van der Waals surface area contributed by atoms with Gasteiger partial charge in [-0.2, -0.15) is 8.78 Å². The number of carbonyl (C=O) groups is 1. The van der Waals surface area contributed by atoms with E-state index in [-0.39, 0.29) is 6.42 Å². The summed E-state index contributed by atoms with van der Waals surface area (Å²) in [5.74, 6) is -4.37. The van der Waals surface area contributed by atoms with Crippen LogP contribution in [0, 0.1) is 0 Å². The van der Waals surface area contributed by atoms with Crippen molar-refractivity contribution in [3.8, 4) is 0 Å². The second kappa shape index (κ2) is 4.14. The highest BCUT2D eigenvalue weighted by Gasteiger charge is 2.36. The molecule has 0 aliphatic rings. The van der Waals surface area contributed by atoms with Crippen molar-refractivity contribution in [1.29, 1.82) is 0 Å². The topological polar surface area (TPSA) is 17.1 Å². The minimum atomic E-state index is -3.28. The first-order valence-electron chi connectivity index (χ1n) is 3.56. The molecule has 1 nitrogen and oxygen atoms in total. The summed E-state index contributed by atoms with van der Waals surface area (Å²) in [5.41, 5.74) is 0.303. The molecule has 0 fully saturated rings. The molecule has 0 saturated heterocycles. The van der Waals surface area contributed by atoms with E-state index < -0.39 is 18.1 Å². The first-order valence-corrected chi connectivity index (χ1v) is 3.56. The zero-order valence-electron chi connectivity index (χ0n) is 7.07. The van der Waals surface area contributed by atoms with Crippen molar-refractivity contribution in [2.24, 2.45) is 0 Å². The Bertz CT molecular complexity index is 207. The maximum absolute atomic E-state index is 12.8. The smallest absolute Gasteiger partial charge is 0.293 e. The molecule has 0 amide bonds. The summed E-state index contributed by atoms with van der Waals surface area (Å²) in [6, 6.07) is 0. The van der Waals surface area contributed by atoms with Gasteiger partial charge >= 0.3 is 5.92 Å². The molecule has 0 aliphatic carbocycles. The molecule has 0 spiro atoms. The van der Waals surface area contributed by atoms with Crippen LogP contribution < -0.4 is 0 Å². The Kier molecular flexibility index (Phi) is 3.80. The normalized spacial score (nSPS) is 10.9. The van der Waals surface area contributed by atoms with E-state index in [4.69, 9.17) is 0 Å². The Morgan fingerprint density at radius 1 is 1.58 bits per heavy atom. The van der Waals surface area contributed by atoms with E-state index in [1.54, 1.807) is 0 Å². The standard InChI is InChI=1S/C9H12F2O/c1-4-5-8(12)9(10,11)6-7(2)3/h4H,1-2,5-6H2,3H3. The molecule has 68 valence electrons. The molecule has 3 heteroatoms. The number of rotatable bonds is 5. The van der Waals surface area contributed by atoms with Gasteiger partial charge in [-0.05, 0) is 6.92 Å². The van der Waals surface area contributed by atoms with Crippen molar-refractivity contribution < 1.29 is 13.6 Å². The van der Waals surface area contributed by atoms with Crippen LogP contribution in [0.25, 0.3) is 0 Å². The molecular weight excluding hydrogens is 162 g/mol. The molecule has 0 aromatic carbocycles. The van der Waals surface area contributed by atoms with E-state index in [9.17, 15) is 13.6 Å². The maximum Gasteiger partial charge on any atom is 0.309 e. The maximum atomic E-state index is 12.8. The summed E-state index contributed by atoms with van der Waals surface area (Å²) in [5, 5.41) is 0. The van der Waals surface area contributed by atoms with Crippen LogP contribution in [0.5, 0.6) is 0 Å². The van der Waals surface area contributed by atoms with Crippen LogP contribution in [0.2, 0.25) is 0 Å². The van der Waals surface area contributed by atoms with Crippen LogP contribution in [-0.4, -0.2) is 11.7 Å². The Morgan fingerprint density at radius 3 is 2.42 bits per heavy atom. The summed E-state index contributed by atoms with van der Waals surface area (Å²) in [4.78, 5) is 10.7. The number of halogens is 2. The number of Topliss-reactive ketones (excluding diaryl/α,β-unsaturated/α-hetero) is 1. The quantitative estimate of drug-likeness (QED) is 0.585. The van der Waals surface area contributed by atoms with Crippen molar-refractivity contribution in [2.75, 3.05) is 0 Å². The van der Waals surface area contributed by atoms with E-state index in [2.05, 4.69) is 13.2 Å². The average Bonchev–Trinajstić information content (AvgIpc) is 1.85. The molecule has 12 heavy (non-hydrogen) atoms. The number of hydrogen-bond acceptors (Lipinski definition) is 1. The van der Waals surface area contributed by atoms with Gasteiger partial charge in [-0.15, -0.1) is 6.58 Å². The van der Waals surface area contributed by atoms with Crippen molar-refractivity contribution in [2.45, 2.75) is 25.7 Å². The monoisotopic (exact) mass is 174 g/mol. The van der Waals surface area contributed by atoms with Gasteiger partial charge in [0.15, 0.2) is 0 Å². The minimum Gasteiger partial charge on any atom is -0.293 e. The van der Waals surface area contributed by atoms with E-state index >= 15 is 0 Å². The lowest BCUT2D eigenvalue weighted by atomic mass is 10.0. The number of alkyl halides is 2. The zero-order valence-corrected chi connectivity index (χ0v) is 7.07. The molecule has 0 N–H and O–H groups in total. The van der Waals surface area contributed by atoms with Crippen LogP contribution in [0.3, 0.4) is 0 Å². The second-order valence-corrected chi connectivity index (χ2v) is 2.75. The summed E-state index contributed by atoms with van der Waals surface area (Å²) < 4.78 is 25.6. The molecule has 0 radical (unpaired) electrons. The Labute approximate surface area is 70.8 Å². The molecule has 0 aromatic rings. The highest BCUT2D eigenvalue weighted by atomic mass is 19.3. The predicted octanol–water partition coefficient (Wildman–Crippen LogP) is 2.73. The average molecular weight is 174 g/mol. The summed E-state index contributed by atoms with van der Waals surface area (Å²) >= 11 is 0. The van der Waals surface area contributed by atoms with E-state index in [1.807, 2.05) is 0 Å². The van der Waals surface area contributed by atoms with Crippen LogP contribution in [0.15, 0.2) is 24.8 Å². The lowest BCUT2D eigenvalue weighted by Gasteiger charge is -2.13. The number of allylic oxidation sites excluding steroid dienone is 2. The largest absolute Gasteiger partial charge is 0.309 e. The van der Waals surface area contributed by atoms with Gasteiger partial charge in [0.2, 0.25) is 5.78 Å². The summed E-state index contributed by atoms with van der Waals surface area (Å²) in [6.45, 7) is 8.01. The van der Waals surface area contributed by atoms with E-state index in [0.717, 1.165) is 0 Å². The fraction of sp³-hybridized carbons (Fsp3) is 0.444. The molecular formula is C9H12F2O. The van der Waals surface area contributed by atoms with E-state index in [0.29, 0.717) is 5.57 Å². The Hall–Kier alpha value is -0.990.